The van der Waals surface area contributed by atoms with Gasteiger partial charge in [0.15, 0.2) is 0 Å². The van der Waals surface area contributed by atoms with E-state index in [1.54, 1.807) is 30.3 Å². The molecule has 20 heavy (non-hydrogen) atoms. The van der Waals surface area contributed by atoms with E-state index < -0.39 is 11.0 Å². The monoisotopic (exact) mass is 291 g/mol. The molecule has 0 atom stereocenters. The minimum absolute atomic E-state index is 0.129. The Morgan fingerprint density at radius 2 is 1.70 bits per heavy atom. The van der Waals surface area contributed by atoms with Gasteiger partial charge >= 0.3 is 6.03 Å². The Bertz CT molecular complexity index is 644. The van der Waals surface area contributed by atoms with Gasteiger partial charge in [-0.2, -0.15) is 0 Å². The summed E-state index contributed by atoms with van der Waals surface area (Å²) in [5.41, 5.74) is 0.494. The second-order valence-corrected chi connectivity index (χ2v) is 4.30. The zero-order chi connectivity index (χ0) is 14.5. The molecule has 0 spiro atoms. The number of benzene rings is 2. The van der Waals surface area contributed by atoms with Crippen molar-refractivity contribution in [3.63, 3.8) is 0 Å². The van der Waals surface area contributed by atoms with Crippen molar-refractivity contribution in [2.75, 3.05) is 10.6 Å². The van der Waals surface area contributed by atoms with E-state index in [2.05, 4.69) is 10.6 Å². The van der Waals surface area contributed by atoms with Crippen LogP contribution in [0.5, 0.6) is 0 Å². The summed E-state index contributed by atoms with van der Waals surface area (Å²) in [6.45, 7) is 0. The highest BCUT2D eigenvalue weighted by Crippen LogP contribution is 2.23. The van der Waals surface area contributed by atoms with Crippen molar-refractivity contribution >= 4 is 34.7 Å². The summed E-state index contributed by atoms with van der Waals surface area (Å²) in [5.74, 6) is 0. The quantitative estimate of drug-likeness (QED) is 0.664. The van der Waals surface area contributed by atoms with Gasteiger partial charge in [0.25, 0.3) is 5.69 Å². The van der Waals surface area contributed by atoms with Gasteiger partial charge in [-0.25, -0.2) is 4.79 Å². The summed E-state index contributed by atoms with van der Waals surface area (Å²) in [7, 11) is 0. The molecule has 0 aliphatic heterocycles. The lowest BCUT2D eigenvalue weighted by atomic mass is 10.2. The molecule has 2 aromatic rings. The van der Waals surface area contributed by atoms with Gasteiger partial charge in [0.05, 0.1) is 4.92 Å². The number of nitro groups is 1. The minimum atomic E-state index is -0.568. The molecule has 2 amide bonds. The van der Waals surface area contributed by atoms with E-state index in [1.807, 2.05) is 0 Å². The molecule has 0 radical (unpaired) electrons. The summed E-state index contributed by atoms with van der Waals surface area (Å²) in [4.78, 5) is 22.0. The first kappa shape index (κ1) is 13.8. The Morgan fingerprint density at radius 3 is 2.35 bits per heavy atom. The van der Waals surface area contributed by atoms with Crippen molar-refractivity contribution in [2.45, 2.75) is 0 Å². The lowest BCUT2D eigenvalue weighted by molar-refractivity contribution is -0.383. The van der Waals surface area contributed by atoms with E-state index in [9.17, 15) is 14.9 Å². The average Bonchev–Trinajstić information content (AvgIpc) is 2.41. The van der Waals surface area contributed by atoms with E-state index in [0.29, 0.717) is 10.7 Å². The van der Waals surface area contributed by atoms with Gasteiger partial charge in [-0.15, -0.1) is 0 Å². The molecule has 0 aliphatic rings. The Morgan fingerprint density at radius 1 is 1.05 bits per heavy atom. The first-order chi connectivity index (χ1) is 9.56. The van der Waals surface area contributed by atoms with Gasteiger partial charge in [0, 0.05) is 16.8 Å². The van der Waals surface area contributed by atoms with E-state index in [1.165, 1.54) is 18.2 Å². The van der Waals surface area contributed by atoms with E-state index in [-0.39, 0.29) is 11.4 Å². The normalized spacial score (nSPS) is 9.85. The van der Waals surface area contributed by atoms with Gasteiger partial charge in [-0.05, 0) is 30.3 Å². The maximum Gasteiger partial charge on any atom is 0.323 e. The Labute approximate surface area is 119 Å². The number of hydrogen-bond acceptors (Lipinski definition) is 3. The number of nitrogens with one attached hydrogen (secondary N) is 2. The third kappa shape index (κ3) is 3.46. The Hall–Kier alpha value is -2.60. The van der Waals surface area contributed by atoms with Crippen LogP contribution in [0.3, 0.4) is 0 Å². The molecule has 0 heterocycles. The highest BCUT2D eigenvalue weighted by molar-refractivity contribution is 6.30. The lowest BCUT2D eigenvalue weighted by Gasteiger charge is -2.07. The lowest BCUT2D eigenvalue weighted by Crippen LogP contribution is -2.19. The van der Waals surface area contributed by atoms with Crippen LogP contribution in [0.2, 0.25) is 5.02 Å². The number of urea groups is 1. The smallest absolute Gasteiger partial charge is 0.308 e. The van der Waals surface area contributed by atoms with Crippen LogP contribution in [0.15, 0.2) is 48.5 Å². The third-order valence-electron chi connectivity index (χ3n) is 2.45. The summed E-state index contributed by atoms with van der Waals surface area (Å²) >= 11 is 5.73. The maximum absolute atomic E-state index is 11.8. The van der Waals surface area contributed by atoms with Crippen molar-refractivity contribution in [3.8, 4) is 0 Å². The molecule has 0 saturated heterocycles. The number of nitrogens with zero attached hydrogens (tertiary/aromatic N) is 1. The van der Waals surface area contributed by atoms with Gasteiger partial charge in [-0.1, -0.05) is 23.7 Å². The number of carbonyl (C=O) groups excluding carboxylic acids is 1. The molecule has 0 fully saturated rings. The van der Waals surface area contributed by atoms with E-state index in [4.69, 9.17) is 11.6 Å². The molecule has 2 N–H and O–H groups in total. The predicted octanol–water partition coefficient (Wildman–Crippen LogP) is 3.89. The second-order valence-electron chi connectivity index (χ2n) is 3.86. The first-order valence-corrected chi connectivity index (χ1v) is 6.01. The molecule has 102 valence electrons. The number of amides is 2. The molecular weight excluding hydrogens is 282 g/mol. The Balaban J connectivity index is 2.08. The fourth-order valence-corrected chi connectivity index (χ4v) is 1.68. The van der Waals surface area contributed by atoms with Crippen LogP contribution in [-0.2, 0) is 0 Å². The van der Waals surface area contributed by atoms with Crippen LogP contribution in [0.4, 0.5) is 21.9 Å². The molecule has 0 aliphatic carbocycles. The summed E-state index contributed by atoms with van der Waals surface area (Å²) in [6, 6.07) is 11.8. The molecule has 6 nitrogen and oxygen atoms in total. The maximum atomic E-state index is 11.8. The van der Waals surface area contributed by atoms with Crippen molar-refractivity contribution in [3.05, 3.63) is 63.7 Å². The van der Waals surface area contributed by atoms with Crippen molar-refractivity contribution in [1.82, 2.24) is 0 Å². The molecule has 0 saturated carbocycles. The van der Waals surface area contributed by atoms with Crippen LogP contribution in [0.1, 0.15) is 0 Å². The zero-order valence-corrected chi connectivity index (χ0v) is 10.9. The largest absolute Gasteiger partial charge is 0.323 e. The number of nitro benzene ring substituents is 1. The molecule has 0 unspecified atom stereocenters. The van der Waals surface area contributed by atoms with Crippen LogP contribution in [-0.4, -0.2) is 11.0 Å². The number of halogens is 1. The van der Waals surface area contributed by atoms with Crippen LogP contribution in [0, 0.1) is 10.1 Å². The fourth-order valence-electron chi connectivity index (χ4n) is 1.56. The molecular formula is C13H10ClN3O3. The standard InChI is InChI=1S/C13H10ClN3O3/c14-9-5-7-10(8-6-9)15-13(18)16-11-3-1-2-4-12(11)17(19)20/h1-8H,(H2,15,16,18). The Kier molecular flexibility index (Phi) is 4.17. The highest BCUT2D eigenvalue weighted by Gasteiger charge is 2.14. The molecule has 7 heteroatoms. The minimum Gasteiger partial charge on any atom is -0.308 e. The van der Waals surface area contributed by atoms with Gasteiger partial charge in [0.2, 0.25) is 0 Å². The number of rotatable bonds is 3. The van der Waals surface area contributed by atoms with E-state index in [0.717, 1.165) is 0 Å². The first-order valence-electron chi connectivity index (χ1n) is 5.63. The van der Waals surface area contributed by atoms with Crippen LogP contribution in [0.25, 0.3) is 0 Å². The predicted molar refractivity (Wildman–Crippen MR) is 77.2 cm³/mol. The van der Waals surface area contributed by atoms with Gasteiger partial charge < -0.3 is 10.6 Å². The van der Waals surface area contributed by atoms with Crippen molar-refractivity contribution in [1.29, 1.82) is 0 Å². The number of hydrogen-bond donors (Lipinski definition) is 2. The third-order valence-corrected chi connectivity index (χ3v) is 2.70. The van der Waals surface area contributed by atoms with Crippen LogP contribution >= 0.6 is 11.6 Å². The number of anilines is 2. The molecule has 2 aromatic carbocycles. The molecule has 0 aromatic heterocycles. The van der Waals surface area contributed by atoms with Crippen molar-refractivity contribution in [2.24, 2.45) is 0 Å². The molecule has 0 bridgehead atoms. The summed E-state index contributed by atoms with van der Waals surface area (Å²) < 4.78 is 0. The highest BCUT2D eigenvalue weighted by atomic mass is 35.5. The zero-order valence-electron chi connectivity index (χ0n) is 10.2. The van der Waals surface area contributed by atoms with Crippen molar-refractivity contribution < 1.29 is 9.72 Å². The van der Waals surface area contributed by atoms with Gasteiger partial charge in [-0.3, -0.25) is 10.1 Å². The van der Waals surface area contributed by atoms with E-state index >= 15 is 0 Å². The van der Waals surface area contributed by atoms with Crippen LogP contribution < -0.4 is 10.6 Å². The topological polar surface area (TPSA) is 84.3 Å². The summed E-state index contributed by atoms with van der Waals surface area (Å²) in [5, 5.41) is 16.4. The fraction of sp³-hybridized carbons (Fsp3) is 0. The average molecular weight is 292 g/mol. The second kappa shape index (κ2) is 6.03. The summed E-state index contributed by atoms with van der Waals surface area (Å²) in [6.07, 6.45) is 0. The molecule has 2 rings (SSSR count). The number of carbonyl (C=O) groups is 1. The SMILES string of the molecule is O=C(Nc1ccc(Cl)cc1)Nc1ccccc1[N+](=O)[O-]. The van der Waals surface area contributed by atoms with Gasteiger partial charge in [0.1, 0.15) is 5.69 Å². The number of para-hydroxylation sites is 2.